The van der Waals surface area contributed by atoms with Crippen LogP contribution in [0.1, 0.15) is 53.9 Å². The van der Waals surface area contributed by atoms with Crippen molar-refractivity contribution in [2.75, 3.05) is 6.61 Å². The van der Waals surface area contributed by atoms with Gasteiger partial charge in [0.1, 0.15) is 0 Å². The molecule has 1 saturated carbocycles. The normalized spacial score (nSPS) is 33.0. The minimum Gasteiger partial charge on any atom is -0.396 e. The van der Waals surface area contributed by atoms with Crippen molar-refractivity contribution in [2.45, 2.75) is 53.9 Å². The van der Waals surface area contributed by atoms with Crippen molar-refractivity contribution in [2.24, 2.45) is 22.7 Å². The van der Waals surface area contributed by atoms with Gasteiger partial charge in [-0.3, -0.25) is 0 Å². The van der Waals surface area contributed by atoms with Gasteiger partial charge in [-0.15, -0.1) is 0 Å². The van der Waals surface area contributed by atoms with E-state index in [4.69, 9.17) is 0 Å². The Kier molecular flexibility index (Phi) is 3.30. The van der Waals surface area contributed by atoms with Gasteiger partial charge in [-0.1, -0.05) is 34.6 Å². The second kappa shape index (κ2) is 3.84. The Balaban J connectivity index is 2.67. The van der Waals surface area contributed by atoms with E-state index in [9.17, 15) is 5.11 Å². The lowest BCUT2D eigenvalue weighted by Crippen LogP contribution is -2.38. The first-order valence-corrected chi connectivity index (χ1v) is 5.88. The van der Waals surface area contributed by atoms with Crippen LogP contribution in [0.2, 0.25) is 0 Å². The number of hydrogen-bond donors (Lipinski definition) is 1. The van der Waals surface area contributed by atoms with Gasteiger partial charge in [0.25, 0.3) is 0 Å². The highest BCUT2D eigenvalue weighted by atomic mass is 16.3. The molecule has 0 amide bonds. The highest BCUT2D eigenvalue weighted by molar-refractivity contribution is 4.90. The van der Waals surface area contributed by atoms with E-state index < -0.39 is 0 Å². The second-order valence-corrected chi connectivity index (χ2v) is 6.71. The molecule has 0 aromatic heterocycles. The predicted molar refractivity (Wildman–Crippen MR) is 61.2 cm³/mol. The van der Waals surface area contributed by atoms with Crippen LogP contribution in [0.4, 0.5) is 0 Å². The fraction of sp³-hybridized carbons (Fsp3) is 1.00. The van der Waals surface area contributed by atoms with Crippen LogP contribution in [-0.4, -0.2) is 11.7 Å². The van der Waals surface area contributed by atoms with Crippen LogP contribution in [0.15, 0.2) is 0 Å². The summed E-state index contributed by atoms with van der Waals surface area (Å²) in [6.07, 6.45) is 3.76. The molecule has 1 nitrogen and oxygen atoms in total. The van der Waals surface area contributed by atoms with E-state index in [2.05, 4.69) is 34.6 Å². The van der Waals surface area contributed by atoms with E-state index in [1.807, 2.05) is 0 Å². The van der Waals surface area contributed by atoms with E-state index >= 15 is 0 Å². The van der Waals surface area contributed by atoms with Crippen LogP contribution in [-0.2, 0) is 0 Å². The third-order valence-electron chi connectivity index (χ3n) is 4.19. The third-order valence-corrected chi connectivity index (χ3v) is 4.19. The zero-order valence-electron chi connectivity index (χ0n) is 10.4. The van der Waals surface area contributed by atoms with Crippen LogP contribution < -0.4 is 0 Å². The summed E-state index contributed by atoms with van der Waals surface area (Å²) in [7, 11) is 0. The molecule has 84 valence electrons. The second-order valence-electron chi connectivity index (χ2n) is 6.71. The summed E-state index contributed by atoms with van der Waals surface area (Å²) < 4.78 is 0. The van der Waals surface area contributed by atoms with Gasteiger partial charge in [-0.25, -0.2) is 0 Å². The largest absolute Gasteiger partial charge is 0.396 e. The van der Waals surface area contributed by atoms with Crippen molar-refractivity contribution in [1.29, 1.82) is 0 Å². The predicted octanol–water partition coefficient (Wildman–Crippen LogP) is 3.47. The molecule has 1 heteroatoms. The summed E-state index contributed by atoms with van der Waals surface area (Å²) >= 11 is 0. The zero-order valence-corrected chi connectivity index (χ0v) is 10.4. The molecule has 0 aromatic carbocycles. The molecule has 14 heavy (non-hydrogen) atoms. The maximum absolute atomic E-state index is 9.32. The molecule has 0 spiro atoms. The van der Waals surface area contributed by atoms with Gasteiger partial charge in [0.15, 0.2) is 0 Å². The fourth-order valence-corrected chi connectivity index (χ4v) is 2.77. The summed E-state index contributed by atoms with van der Waals surface area (Å²) in [6.45, 7) is 12.0. The van der Waals surface area contributed by atoms with E-state index in [0.29, 0.717) is 23.4 Å². The Morgan fingerprint density at radius 2 is 1.79 bits per heavy atom. The monoisotopic (exact) mass is 198 g/mol. The molecule has 0 bridgehead atoms. The summed E-state index contributed by atoms with van der Waals surface area (Å²) in [4.78, 5) is 0. The van der Waals surface area contributed by atoms with Crippen molar-refractivity contribution in [3.8, 4) is 0 Å². The van der Waals surface area contributed by atoms with Crippen molar-refractivity contribution < 1.29 is 5.11 Å². The number of aliphatic hydroxyl groups is 1. The maximum Gasteiger partial charge on any atom is 0.0464 e. The molecule has 1 fully saturated rings. The first kappa shape index (κ1) is 12.0. The van der Waals surface area contributed by atoms with Gasteiger partial charge in [0.2, 0.25) is 0 Å². The quantitative estimate of drug-likeness (QED) is 0.684. The first-order chi connectivity index (χ1) is 6.27. The van der Waals surface area contributed by atoms with E-state index in [-0.39, 0.29) is 0 Å². The molecule has 0 saturated heterocycles. The lowest BCUT2D eigenvalue weighted by atomic mass is 9.60. The van der Waals surface area contributed by atoms with Crippen molar-refractivity contribution in [3.05, 3.63) is 0 Å². The summed E-state index contributed by atoms with van der Waals surface area (Å²) in [5.74, 6) is 1.33. The molecule has 0 heterocycles. The Bertz CT molecular complexity index is 188. The van der Waals surface area contributed by atoms with Gasteiger partial charge < -0.3 is 5.11 Å². The maximum atomic E-state index is 9.32. The molecular formula is C13H26O. The topological polar surface area (TPSA) is 20.2 Å². The molecule has 0 aromatic rings. The molecule has 1 N–H and O–H groups in total. The Morgan fingerprint density at radius 1 is 1.21 bits per heavy atom. The number of rotatable bonds is 1. The molecule has 1 rings (SSSR count). The van der Waals surface area contributed by atoms with Gasteiger partial charge >= 0.3 is 0 Å². The van der Waals surface area contributed by atoms with Crippen molar-refractivity contribution in [1.82, 2.24) is 0 Å². The standard InChI is InChI=1S/C13H26O/c1-12(2,3)10-6-7-11(9-14)13(4,5)8-10/h10-11,14H,6-9H2,1-5H3/t10-,11+/m0/s1. The summed E-state index contributed by atoms with van der Waals surface area (Å²) in [5, 5.41) is 9.32. The molecule has 0 radical (unpaired) electrons. The lowest BCUT2D eigenvalue weighted by Gasteiger charge is -2.46. The van der Waals surface area contributed by atoms with Gasteiger partial charge in [-0.2, -0.15) is 0 Å². The third kappa shape index (κ3) is 2.50. The Hall–Kier alpha value is -0.0400. The zero-order chi connectivity index (χ0) is 11.0. The highest BCUT2D eigenvalue weighted by Crippen LogP contribution is 2.48. The average Bonchev–Trinajstić information content (AvgIpc) is 2.00. The Morgan fingerprint density at radius 3 is 2.14 bits per heavy atom. The SMILES string of the molecule is CC(C)(C)[C@H]1CC[C@H](CO)C(C)(C)C1. The van der Waals surface area contributed by atoms with Crippen LogP contribution in [0, 0.1) is 22.7 Å². The number of hydrogen-bond acceptors (Lipinski definition) is 1. The smallest absolute Gasteiger partial charge is 0.0464 e. The van der Waals surface area contributed by atoms with Crippen LogP contribution in [0.5, 0.6) is 0 Å². The fourth-order valence-electron chi connectivity index (χ4n) is 2.77. The Labute approximate surface area is 88.9 Å². The summed E-state index contributed by atoms with van der Waals surface area (Å²) in [5.41, 5.74) is 0.753. The van der Waals surface area contributed by atoms with Gasteiger partial charge in [0, 0.05) is 6.61 Å². The van der Waals surface area contributed by atoms with Crippen LogP contribution in [0.3, 0.4) is 0 Å². The van der Waals surface area contributed by atoms with Gasteiger partial charge in [-0.05, 0) is 41.9 Å². The van der Waals surface area contributed by atoms with Gasteiger partial charge in [0.05, 0.1) is 0 Å². The molecule has 2 atom stereocenters. The number of aliphatic hydroxyl groups excluding tert-OH is 1. The minimum absolute atomic E-state index is 0.324. The minimum atomic E-state index is 0.324. The van der Waals surface area contributed by atoms with E-state index in [1.165, 1.54) is 19.3 Å². The molecule has 1 aliphatic carbocycles. The summed E-state index contributed by atoms with van der Waals surface area (Å²) in [6, 6.07) is 0. The van der Waals surface area contributed by atoms with Crippen molar-refractivity contribution in [3.63, 3.8) is 0 Å². The molecule has 0 aliphatic heterocycles. The van der Waals surface area contributed by atoms with Crippen molar-refractivity contribution >= 4 is 0 Å². The molecule has 0 unspecified atom stereocenters. The molecule has 1 aliphatic rings. The molecular weight excluding hydrogens is 172 g/mol. The lowest BCUT2D eigenvalue weighted by molar-refractivity contribution is 0.0124. The van der Waals surface area contributed by atoms with E-state index in [1.54, 1.807) is 0 Å². The first-order valence-electron chi connectivity index (χ1n) is 5.88. The van der Waals surface area contributed by atoms with E-state index in [0.717, 1.165) is 5.92 Å². The van der Waals surface area contributed by atoms with Crippen LogP contribution >= 0.6 is 0 Å². The highest BCUT2D eigenvalue weighted by Gasteiger charge is 2.39. The average molecular weight is 198 g/mol. The van der Waals surface area contributed by atoms with Crippen LogP contribution in [0.25, 0.3) is 0 Å².